The molecule has 152 valence electrons. The Bertz CT molecular complexity index is 1110. The van der Waals surface area contributed by atoms with Gasteiger partial charge < -0.3 is 15.8 Å². The molecular weight excluding hydrogens is 377 g/mol. The smallest absolute Gasteiger partial charge is 0.148 e. The fraction of sp³-hybridized carbons (Fsp3) is 0.160. The van der Waals surface area contributed by atoms with Gasteiger partial charge in [-0.1, -0.05) is 31.4 Å². The van der Waals surface area contributed by atoms with E-state index in [-0.39, 0.29) is 5.82 Å². The molecule has 0 fully saturated rings. The Morgan fingerprint density at radius 3 is 2.73 bits per heavy atom. The predicted molar refractivity (Wildman–Crippen MR) is 121 cm³/mol. The van der Waals surface area contributed by atoms with Gasteiger partial charge in [-0.2, -0.15) is 0 Å². The molecule has 3 N–H and O–H groups in total. The van der Waals surface area contributed by atoms with Crippen molar-refractivity contribution in [3.05, 3.63) is 89.9 Å². The summed E-state index contributed by atoms with van der Waals surface area (Å²) in [6.45, 7) is 9.19. The highest BCUT2D eigenvalue weighted by molar-refractivity contribution is 5.72. The predicted octanol–water partition coefficient (Wildman–Crippen LogP) is 4.85. The molecule has 3 aromatic rings. The van der Waals surface area contributed by atoms with Crippen molar-refractivity contribution in [2.24, 2.45) is 0 Å². The van der Waals surface area contributed by atoms with E-state index in [4.69, 9.17) is 15.5 Å². The highest BCUT2D eigenvalue weighted by Gasteiger charge is 2.20. The Labute approximate surface area is 175 Å². The minimum Gasteiger partial charge on any atom is -0.491 e. The highest BCUT2D eigenvalue weighted by Crippen LogP contribution is 2.36. The van der Waals surface area contributed by atoms with Gasteiger partial charge in [0.2, 0.25) is 0 Å². The number of fused-ring (bicyclic) bond motifs is 1. The number of aromatic nitrogens is 1. The molecule has 2 heterocycles. The van der Waals surface area contributed by atoms with E-state index in [0.29, 0.717) is 18.8 Å². The zero-order chi connectivity index (χ0) is 21.1. The number of rotatable bonds is 7. The lowest BCUT2D eigenvalue weighted by Gasteiger charge is -2.13. The molecule has 0 radical (unpaired) electrons. The number of nitrogens with one attached hydrogen (secondary N) is 1. The number of ether oxygens (including phenoxy) is 1. The van der Waals surface area contributed by atoms with Gasteiger partial charge >= 0.3 is 0 Å². The monoisotopic (exact) mass is 401 g/mol. The molecule has 5 heteroatoms. The summed E-state index contributed by atoms with van der Waals surface area (Å²) in [7, 11) is 0. The van der Waals surface area contributed by atoms with E-state index in [1.807, 2.05) is 18.2 Å². The van der Waals surface area contributed by atoms with Gasteiger partial charge in [0, 0.05) is 47.6 Å². The summed E-state index contributed by atoms with van der Waals surface area (Å²) in [5.41, 5.74) is 13.1. The Hall–Kier alpha value is -3.60. The second kappa shape index (κ2) is 8.41. The van der Waals surface area contributed by atoms with Crippen LogP contribution in [0.15, 0.2) is 61.7 Å². The van der Waals surface area contributed by atoms with Gasteiger partial charge in [-0.15, -0.1) is 0 Å². The van der Waals surface area contributed by atoms with Crippen LogP contribution >= 0.6 is 0 Å². The first-order chi connectivity index (χ1) is 14.5. The summed E-state index contributed by atoms with van der Waals surface area (Å²) in [5.74, 6) is 0.539. The third kappa shape index (κ3) is 4.06. The molecule has 0 saturated heterocycles. The molecule has 0 atom stereocenters. The van der Waals surface area contributed by atoms with Gasteiger partial charge in [-0.05, 0) is 47.5 Å². The van der Waals surface area contributed by atoms with Gasteiger partial charge in [0.25, 0.3) is 0 Å². The van der Waals surface area contributed by atoms with Crippen molar-refractivity contribution in [3.8, 4) is 17.0 Å². The summed E-state index contributed by atoms with van der Waals surface area (Å²) < 4.78 is 19.1. The average Bonchev–Trinajstić information content (AvgIpc) is 3.22. The third-order valence-corrected chi connectivity index (χ3v) is 5.21. The first-order valence-corrected chi connectivity index (χ1v) is 9.92. The fourth-order valence-electron chi connectivity index (χ4n) is 3.58. The van der Waals surface area contributed by atoms with Gasteiger partial charge in [0.15, 0.2) is 0 Å². The van der Waals surface area contributed by atoms with Gasteiger partial charge in [-0.3, -0.25) is 0 Å². The zero-order valence-electron chi connectivity index (χ0n) is 16.7. The molecule has 0 saturated carbocycles. The number of benzene rings is 2. The molecule has 0 spiro atoms. The number of anilines is 1. The maximum Gasteiger partial charge on any atom is 0.148 e. The minimum absolute atomic E-state index is 0.267. The topological polar surface area (TPSA) is 60.2 Å². The molecule has 1 aliphatic heterocycles. The van der Waals surface area contributed by atoms with E-state index in [2.05, 4.69) is 24.5 Å². The zero-order valence-corrected chi connectivity index (χ0v) is 16.7. The molecule has 0 aliphatic carbocycles. The average molecular weight is 401 g/mol. The van der Waals surface area contributed by atoms with Crippen molar-refractivity contribution < 1.29 is 9.13 Å². The molecule has 1 aromatic heterocycles. The highest BCUT2D eigenvalue weighted by atomic mass is 19.1. The lowest BCUT2D eigenvalue weighted by Crippen LogP contribution is -2.16. The largest absolute Gasteiger partial charge is 0.491 e. The van der Waals surface area contributed by atoms with Crippen molar-refractivity contribution in [2.45, 2.75) is 12.8 Å². The second-order valence-electron chi connectivity index (χ2n) is 7.26. The summed E-state index contributed by atoms with van der Waals surface area (Å²) in [6.07, 6.45) is 3.31. The standard InChI is InChI=1S/C25H24FN3O/c1-3-17-4-5-19(15-23(17)27)16(2)28-12-10-22-14-20-11-13-30-25(20)24(29-22)18-6-8-21(26)9-7-18/h3-9,14-15,28H,1-2,10-13,27H2. The van der Waals surface area contributed by atoms with Crippen LogP contribution < -0.4 is 15.8 Å². The fourth-order valence-corrected chi connectivity index (χ4v) is 3.58. The SMILES string of the molecule is C=Cc1ccc(C(=C)NCCc2cc3c(c(-c4ccc(F)cc4)n2)OCC3)cc1N. The summed E-state index contributed by atoms with van der Waals surface area (Å²) in [4.78, 5) is 4.80. The van der Waals surface area contributed by atoms with Crippen LogP contribution in [0.2, 0.25) is 0 Å². The van der Waals surface area contributed by atoms with Crippen LogP contribution in [0.5, 0.6) is 5.75 Å². The Kier molecular flexibility index (Phi) is 5.53. The molecule has 2 aromatic carbocycles. The van der Waals surface area contributed by atoms with E-state index in [9.17, 15) is 4.39 Å². The van der Waals surface area contributed by atoms with Gasteiger partial charge in [0.05, 0.1) is 6.61 Å². The summed E-state index contributed by atoms with van der Waals surface area (Å²) in [6, 6.07) is 14.3. The van der Waals surface area contributed by atoms with Crippen molar-refractivity contribution in [1.29, 1.82) is 0 Å². The number of hydrogen-bond donors (Lipinski definition) is 2. The first kappa shape index (κ1) is 19.7. The molecule has 0 amide bonds. The van der Waals surface area contributed by atoms with E-state index in [1.165, 1.54) is 12.1 Å². The van der Waals surface area contributed by atoms with Crippen molar-refractivity contribution in [1.82, 2.24) is 10.3 Å². The minimum atomic E-state index is -0.267. The van der Waals surface area contributed by atoms with Crippen LogP contribution in [0.4, 0.5) is 10.1 Å². The van der Waals surface area contributed by atoms with Crippen LogP contribution in [-0.4, -0.2) is 18.1 Å². The van der Waals surface area contributed by atoms with Crippen LogP contribution in [0, 0.1) is 5.82 Å². The van der Waals surface area contributed by atoms with Gasteiger partial charge in [0.1, 0.15) is 17.3 Å². The number of pyridine rings is 1. The summed E-state index contributed by atoms with van der Waals surface area (Å²) >= 11 is 0. The number of nitrogens with two attached hydrogens (primary N) is 1. The molecule has 30 heavy (non-hydrogen) atoms. The number of hydrogen-bond acceptors (Lipinski definition) is 4. The van der Waals surface area contributed by atoms with Crippen LogP contribution in [0.3, 0.4) is 0 Å². The number of nitrogens with zero attached hydrogens (tertiary/aromatic N) is 1. The van der Waals surface area contributed by atoms with E-state index in [1.54, 1.807) is 18.2 Å². The Morgan fingerprint density at radius 1 is 1.20 bits per heavy atom. The molecule has 4 rings (SSSR count). The molecular formula is C25H24FN3O. The lowest BCUT2D eigenvalue weighted by atomic mass is 10.0. The number of nitrogen functional groups attached to an aromatic ring is 1. The van der Waals surface area contributed by atoms with Crippen LogP contribution in [0.25, 0.3) is 23.0 Å². The molecule has 1 aliphatic rings. The van der Waals surface area contributed by atoms with E-state index < -0.39 is 0 Å². The second-order valence-corrected chi connectivity index (χ2v) is 7.26. The van der Waals surface area contributed by atoms with Crippen molar-refractivity contribution in [2.75, 3.05) is 18.9 Å². The van der Waals surface area contributed by atoms with E-state index >= 15 is 0 Å². The van der Waals surface area contributed by atoms with Crippen molar-refractivity contribution >= 4 is 17.5 Å². The Morgan fingerprint density at radius 2 is 2.00 bits per heavy atom. The molecule has 4 nitrogen and oxygen atoms in total. The molecule has 0 bridgehead atoms. The summed E-state index contributed by atoms with van der Waals surface area (Å²) in [5, 5.41) is 3.35. The third-order valence-electron chi connectivity index (χ3n) is 5.21. The number of halogens is 1. The lowest BCUT2D eigenvalue weighted by molar-refractivity contribution is 0.357. The maximum atomic E-state index is 13.3. The Balaban J connectivity index is 1.48. The van der Waals surface area contributed by atoms with Crippen LogP contribution in [-0.2, 0) is 12.8 Å². The van der Waals surface area contributed by atoms with Gasteiger partial charge in [-0.25, -0.2) is 9.37 Å². The first-order valence-electron chi connectivity index (χ1n) is 9.92. The van der Waals surface area contributed by atoms with Crippen LogP contribution in [0.1, 0.15) is 22.4 Å². The molecule has 0 unspecified atom stereocenters. The normalized spacial score (nSPS) is 12.2. The maximum absolute atomic E-state index is 13.3. The van der Waals surface area contributed by atoms with E-state index in [0.717, 1.165) is 57.9 Å². The van der Waals surface area contributed by atoms with Crippen molar-refractivity contribution in [3.63, 3.8) is 0 Å². The quantitative estimate of drug-likeness (QED) is 0.556.